The van der Waals surface area contributed by atoms with E-state index in [2.05, 4.69) is 164 Å². The van der Waals surface area contributed by atoms with Gasteiger partial charge in [0.05, 0.1) is 37.1 Å². The van der Waals surface area contributed by atoms with E-state index in [1.807, 2.05) is 54.6 Å². The van der Waals surface area contributed by atoms with E-state index in [1.165, 1.54) is 55.8 Å². The van der Waals surface area contributed by atoms with Crippen molar-refractivity contribution >= 4 is 59.0 Å². The Morgan fingerprint density at radius 3 is 1.37 bits per heavy atom. The number of hydrogen-bond donors (Lipinski definition) is 0. The van der Waals surface area contributed by atoms with E-state index in [-0.39, 0.29) is 44.8 Å². The van der Waals surface area contributed by atoms with Crippen molar-refractivity contribution in [2.45, 2.75) is 6.42 Å². The third-order valence-corrected chi connectivity index (χ3v) is 16.7. The molecule has 0 N–H and O–H groups in total. The molecule has 60 heavy (non-hydrogen) atoms. The minimum Gasteiger partial charge on any atom is -0.458 e. The van der Waals surface area contributed by atoms with Crippen LogP contribution >= 0.6 is 15.8 Å². The Morgan fingerprint density at radius 2 is 0.833 bits per heavy atom. The van der Waals surface area contributed by atoms with Crippen molar-refractivity contribution in [1.29, 1.82) is 0 Å². The summed E-state index contributed by atoms with van der Waals surface area (Å²) in [6.45, 7) is 0. The zero-order chi connectivity index (χ0) is 39.5. The van der Waals surface area contributed by atoms with Crippen LogP contribution in [0.25, 0.3) is 33.1 Å². The molecule has 0 radical (unpaired) electrons. The molecule has 0 spiro atoms. The Balaban J connectivity index is 0.000000160. The van der Waals surface area contributed by atoms with Crippen LogP contribution in [0.4, 0.5) is 0 Å². The first-order chi connectivity index (χ1) is 28.7. The molecule has 0 aliphatic heterocycles. The van der Waals surface area contributed by atoms with Gasteiger partial charge in [-0.05, 0) is 83.6 Å². The third kappa shape index (κ3) is 10.3. The number of fused-ring (bicyclic) bond motifs is 6. The Hall–Kier alpha value is -4.98. The summed E-state index contributed by atoms with van der Waals surface area (Å²) >= 11 is 0. The van der Waals surface area contributed by atoms with Gasteiger partial charge in [-0.25, -0.2) is 0 Å². The van der Waals surface area contributed by atoms with Crippen molar-refractivity contribution in [2.24, 2.45) is 0 Å². The topological polar surface area (TPSA) is 13.1 Å². The normalized spacial score (nSPS) is 10.7. The van der Waals surface area contributed by atoms with Crippen molar-refractivity contribution in [1.82, 2.24) is 0 Å². The first kappa shape index (κ1) is 44.6. The van der Waals surface area contributed by atoms with Crippen LogP contribution in [-0.4, -0.2) is 12.3 Å². The van der Waals surface area contributed by atoms with E-state index in [0.29, 0.717) is 0 Å². The quantitative estimate of drug-likeness (QED) is 0.0671. The second kappa shape index (κ2) is 22.0. The summed E-state index contributed by atoms with van der Waals surface area (Å²) in [6, 6.07) is 72.5. The summed E-state index contributed by atoms with van der Waals surface area (Å²) in [7, 11) is -1.57. The van der Waals surface area contributed by atoms with Crippen molar-refractivity contribution in [3.63, 3.8) is 0 Å². The van der Waals surface area contributed by atoms with Gasteiger partial charge in [0.1, 0.15) is 23.5 Å². The number of hydrogen-bond acceptors (Lipinski definition) is 1. The van der Waals surface area contributed by atoms with Crippen LogP contribution < -0.4 is 21.2 Å². The number of furan rings is 1. The van der Waals surface area contributed by atoms with Gasteiger partial charge in [-0.2, -0.15) is 0 Å². The van der Waals surface area contributed by atoms with Crippen molar-refractivity contribution in [3.05, 3.63) is 241 Å². The molecule has 0 fully saturated rings. The van der Waals surface area contributed by atoms with Crippen LogP contribution in [0.15, 0.2) is 211 Å². The molecule has 0 saturated heterocycles. The van der Waals surface area contributed by atoms with Crippen LogP contribution in [0.2, 0.25) is 0 Å². The maximum absolute atomic E-state index is 7.30. The van der Waals surface area contributed by atoms with E-state index in [0.717, 1.165) is 39.5 Å². The van der Waals surface area contributed by atoms with Gasteiger partial charge in [-0.1, -0.05) is 145 Å². The third-order valence-electron chi connectivity index (χ3n) is 10.6. The van der Waals surface area contributed by atoms with Gasteiger partial charge in [-0.15, -0.1) is 23.3 Å². The van der Waals surface area contributed by atoms with Crippen LogP contribution in [0.5, 0.6) is 0 Å². The summed E-state index contributed by atoms with van der Waals surface area (Å²) in [4.78, 5) is 0. The first-order valence-corrected chi connectivity index (χ1v) is 23.0. The van der Waals surface area contributed by atoms with Crippen LogP contribution in [0.1, 0.15) is 22.3 Å². The predicted octanol–water partition coefficient (Wildman–Crippen LogP) is 11.4. The number of benzene rings is 8. The van der Waals surface area contributed by atoms with E-state index in [9.17, 15) is 0 Å². The Bertz CT molecular complexity index is 2680. The van der Waals surface area contributed by atoms with Gasteiger partial charge in [0.2, 0.25) is 0 Å². The molecule has 1 nitrogen and oxygen atoms in total. The largest absolute Gasteiger partial charge is 1.00 e. The molecule has 9 aromatic rings. The molecule has 0 bridgehead atoms. The van der Waals surface area contributed by atoms with E-state index < -0.39 is 15.8 Å². The first-order valence-electron chi connectivity index (χ1n) is 19.6. The fourth-order valence-electron chi connectivity index (χ4n) is 7.89. The summed E-state index contributed by atoms with van der Waals surface area (Å²) in [6.07, 6.45) is 18.1. The van der Waals surface area contributed by atoms with Crippen molar-refractivity contribution in [3.8, 4) is 23.0 Å². The SMILES string of the molecule is [Au+].[Au+].[C-]#Cc1cccc2c1-c1ccccc1C2.[C-]#Cc1cccc2oc3ccccc3c12.c1ccc([PH+](CC[PH+](c2ccccc2)c2ccccc2)c2ccccc2)cc1. The maximum Gasteiger partial charge on any atom is 1.00 e. The second-order valence-corrected chi connectivity index (χ2v) is 19.3. The summed E-state index contributed by atoms with van der Waals surface area (Å²) in [5, 5.41) is 8.08. The molecule has 0 saturated carbocycles. The smallest absolute Gasteiger partial charge is 0.458 e. The standard InChI is InChI=1S/C26H24P2.C15H9.C14H7O.2Au/c1-5-13-23(14-6-1)27(24-15-7-2-8-16-24)21-22-28(25-17-9-3-10-18-25)26-19-11-4-12-20-26;1-2-11-7-5-8-13-10-12-6-3-4-9-14(12)15(11)13;1-2-10-6-5-9-13-14(10)11-7-3-4-8-12(11)15-13;;/h1-20H,21-22H2;3-9H,10H2;3-9H;;/q;2*-1;2*+1/p+2. The molecule has 10 rings (SSSR count). The molecular weight excluding hydrogens is 1130 g/mol. The summed E-state index contributed by atoms with van der Waals surface area (Å²) in [5.74, 6) is 4.96. The molecule has 8 aromatic carbocycles. The van der Waals surface area contributed by atoms with Gasteiger partial charge >= 0.3 is 44.8 Å². The number of rotatable bonds is 7. The molecule has 1 aliphatic rings. The zero-order valence-corrected chi connectivity index (χ0v) is 39.1. The fourth-order valence-corrected chi connectivity index (χ4v) is 14.1. The van der Waals surface area contributed by atoms with E-state index >= 15 is 0 Å². The molecular formula is C55H42Au2OP2+2. The van der Waals surface area contributed by atoms with Crippen LogP contribution in [-0.2, 0) is 51.2 Å². The molecule has 0 amide bonds. The monoisotopic (exact) mass is 1170 g/mol. The van der Waals surface area contributed by atoms with Crippen LogP contribution in [0, 0.1) is 24.7 Å². The molecule has 298 valence electrons. The maximum atomic E-state index is 7.30. The number of para-hydroxylation sites is 1. The fraction of sp³-hybridized carbons (Fsp3) is 0.0545. The van der Waals surface area contributed by atoms with Crippen LogP contribution in [0.3, 0.4) is 0 Å². The summed E-state index contributed by atoms with van der Waals surface area (Å²) < 4.78 is 5.67. The molecule has 5 heteroatoms. The average Bonchev–Trinajstić information content (AvgIpc) is 3.88. The predicted molar refractivity (Wildman–Crippen MR) is 252 cm³/mol. The Labute approximate surface area is 388 Å². The van der Waals surface area contributed by atoms with Crippen molar-refractivity contribution < 1.29 is 49.2 Å². The molecule has 0 atom stereocenters. The van der Waals surface area contributed by atoms with Gasteiger partial charge in [0.25, 0.3) is 0 Å². The summed E-state index contributed by atoms with van der Waals surface area (Å²) in [5.41, 5.74) is 8.48. The van der Waals surface area contributed by atoms with Crippen molar-refractivity contribution in [2.75, 3.05) is 12.3 Å². The van der Waals surface area contributed by atoms with E-state index in [1.54, 1.807) is 0 Å². The van der Waals surface area contributed by atoms with Gasteiger partial charge in [0.15, 0.2) is 0 Å². The van der Waals surface area contributed by atoms with E-state index in [4.69, 9.17) is 17.3 Å². The second-order valence-electron chi connectivity index (χ2n) is 14.1. The molecule has 1 heterocycles. The molecule has 0 unspecified atom stereocenters. The van der Waals surface area contributed by atoms with Gasteiger partial charge in [0, 0.05) is 5.39 Å². The minimum atomic E-state index is -0.783. The average molecular weight is 1170 g/mol. The minimum absolute atomic E-state index is 0. The molecule has 1 aromatic heterocycles. The molecule has 1 aliphatic carbocycles. The van der Waals surface area contributed by atoms with Gasteiger partial charge in [-0.3, -0.25) is 11.8 Å². The Morgan fingerprint density at radius 1 is 0.417 bits per heavy atom. The zero-order valence-electron chi connectivity index (χ0n) is 32.8. The Kier molecular flexibility index (Phi) is 16.4. The van der Waals surface area contributed by atoms with Gasteiger partial charge < -0.3 is 17.3 Å².